The van der Waals surface area contributed by atoms with Gasteiger partial charge in [0, 0.05) is 49.1 Å². The average molecular weight is 523 g/mol. The average Bonchev–Trinajstić information content (AvgIpc) is 3.52. The van der Waals surface area contributed by atoms with E-state index < -0.39 is 0 Å². The zero-order valence-electron chi connectivity index (χ0n) is 21.5. The van der Waals surface area contributed by atoms with Crippen LogP contribution in [0.2, 0.25) is 0 Å². The number of nitrogens with one attached hydrogen (secondary N) is 1. The minimum atomic E-state index is 0.246. The smallest absolute Gasteiger partial charge is 0.154 e. The Morgan fingerprint density at radius 3 is 2.10 bits per heavy atom. The molecule has 0 aliphatic carbocycles. The molecular formula is C34H26N4S. The van der Waals surface area contributed by atoms with E-state index in [9.17, 15) is 0 Å². The number of benzene rings is 5. The second-order valence-electron chi connectivity index (χ2n) is 9.74. The van der Waals surface area contributed by atoms with E-state index >= 15 is 0 Å². The van der Waals surface area contributed by atoms with Crippen molar-refractivity contribution >= 4 is 65.0 Å². The molecule has 0 unspecified atom stereocenters. The van der Waals surface area contributed by atoms with Crippen molar-refractivity contribution in [3.05, 3.63) is 132 Å². The molecule has 0 amide bonds. The maximum Gasteiger partial charge on any atom is 0.154 e. The number of aliphatic imine (C=N–C) groups is 1. The molecule has 7 aromatic rings. The lowest BCUT2D eigenvalue weighted by atomic mass is 10.1. The first kappa shape index (κ1) is 23.4. The van der Waals surface area contributed by atoms with Crippen LogP contribution in [-0.2, 0) is 6.67 Å². The first-order valence-electron chi connectivity index (χ1n) is 13.0. The van der Waals surface area contributed by atoms with E-state index in [1.54, 1.807) is 0 Å². The maximum absolute atomic E-state index is 8.74. The van der Waals surface area contributed by atoms with Crippen molar-refractivity contribution in [2.45, 2.75) is 6.67 Å². The summed E-state index contributed by atoms with van der Waals surface area (Å²) in [5, 5.41) is 13.9. The van der Waals surface area contributed by atoms with Crippen LogP contribution in [0.25, 0.3) is 42.0 Å². The monoisotopic (exact) mass is 522 g/mol. The van der Waals surface area contributed by atoms with E-state index in [0.717, 1.165) is 17.0 Å². The lowest BCUT2D eigenvalue weighted by Gasteiger charge is -2.23. The molecule has 4 nitrogen and oxygen atoms in total. The molecule has 0 spiro atoms. The molecule has 188 valence electrons. The van der Waals surface area contributed by atoms with E-state index in [4.69, 9.17) is 10.4 Å². The fraction of sp³-hybridized carbons (Fsp3) is 0.0588. The number of thiophene rings is 1. The van der Waals surface area contributed by atoms with E-state index in [2.05, 4.69) is 89.3 Å². The molecule has 5 aromatic carbocycles. The lowest BCUT2D eigenvalue weighted by molar-refractivity contribution is 0.420. The Morgan fingerprint density at radius 2 is 1.33 bits per heavy atom. The van der Waals surface area contributed by atoms with Gasteiger partial charge in [0.25, 0.3) is 0 Å². The quantitative estimate of drug-likeness (QED) is 0.183. The molecule has 0 atom stereocenters. The van der Waals surface area contributed by atoms with Crippen molar-refractivity contribution < 1.29 is 0 Å². The third-order valence-corrected chi connectivity index (χ3v) is 8.50. The van der Waals surface area contributed by atoms with Gasteiger partial charge in [0.1, 0.15) is 5.84 Å². The normalized spacial score (nSPS) is 12.1. The SMILES string of the molecule is CN(Cn1c2ccccc2c2c3sc4ccccc4c3ccc21)/C(=N\C(=N)c1ccccc1)c1ccccc1. The van der Waals surface area contributed by atoms with Gasteiger partial charge in [-0.1, -0.05) is 103 Å². The van der Waals surface area contributed by atoms with Gasteiger partial charge in [-0.2, -0.15) is 0 Å². The van der Waals surface area contributed by atoms with Gasteiger partial charge in [-0.05, 0) is 18.2 Å². The second kappa shape index (κ2) is 9.53. The van der Waals surface area contributed by atoms with Crippen molar-refractivity contribution in [3.63, 3.8) is 0 Å². The summed E-state index contributed by atoms with van der Waals surface area (Å²) in [5.74, 6) is 1.01. The number of fused-ring (bicyclic) bond motifs is 7. The van der Waals surface area contributed by atoms with Crippen LogP contribution in [-0.4, -0.2) is 28.2 Å². The van der Waals surface area contributed by atoms with Gasteiger partial charge in [-0.15, -0.1) is 11.3 Å². The fourth-order valence-electron chi connectivity index (χ4n) is 5.47. The Hall–Kier alpha value is -4.74. The van der Waals surface area contributed by atoms with Crippen LogP contribution >= 0.6 is 11.3 Å². The molecule has 0 radical (unpaired) electrons. The molecule has 0 saturated carbocycles. The summed E-state index contributed by atoms with van der Waals surface area (Å²) < 4.78 is 5.01. The Balaban J connectivity index is 1.39. The molecule has 0 fully saturated rings. The summed E-state index contributed by atoms with van der Waals surface area (Å²) in [6, 6.07) is 41.7. The fourth-order valence-corrected chi connectivity index (χ4v) is 6.73. The number of hydrogen-bond acceptors (Lipinski definition) is 2. The molecule has 0 saturated heterocycles. The summed E-state index contributed by atoms with van der Waals surface area (Å²) >= 11 is 1.87. The Morgan fingerprint density at radius 1 is 0.692 bits per heavy atom. The van der Waals surface area contributed by atoms with E-state index in [1.165, 1.54) is 42.0 Å². The van der Waals surface area contributed by atoms with Gasteiger partial charge in [0.05, 0.1) is 17.7 Å². The number of amidine groups is 2. The molecule has 0 bridgehead atoms. The summed E-state index contributed by atoms with van der Waals surface area (Å²) in [6.45, 7) is 0.593. The number of para-hydroxylation sites is 1. The van der Waals surface area contributed by atoms with Gasteiger partial charge >= 0.3 is 0 Å². The number of nitrogens with zero attached hydrogens (tertiary/aromatic N) is 3. The Bertz CT molecular complexity index is 2020. The van der Waals surface area contributed by atoms with Crippen LogP contribution < -0.4 is 0 Å². The van der Waals surface area contributed by atoms with E-state index in [-0.39, 0.29) is 5.84 Å². The summed E-state index contributed by atoms with van der Waals surface area (Å²) in [5.41, 5.74) is 4.17. The number of aromatic nitrogens is 1. The topological polar surface area (TPSA) is 44.4 Å². The first-order valence-corrected chi connectivity index (χ1v) is 13.8. The Labute approximate surface area is 230 Å². The van der Waals surface area contributed by atoms with Crippen molar-refractivity contribution in [3.8, 4) is 0 Å². The third-order valence-electron chi connectivity index (χ3n) is 7.29. The van der Waals surface area contributed by atoms with Gasteiger partial charge in [0.15, 0.2) is 5.84 Å². The van der Waals surface area contributed by atoms with Crippen LogP contribution in [0.3, 0.4) is 0 Å². The van der Waals surface area contributed by atoms with Gasteiger partial charge in [-0.3, -0.25) is 5.41 Å². The minimum Gasteiger partial charge on any atom is -0.341 e. The zero-order chi connectivity index (χ0) is 26.3. The lowest BCUT2D eigenvalue weighted by Crippen LogP contribution is -2.30. The van der Waals surface area contributed by atoms with Crippen molar-refractivity contribution in [2.24, 2.45) is 4.99 Å². The molecule has 39 heavy (non-hydrogen) atoms. The largest absolute Gasteiger partial charge is 0.341 e. The van der Waals surface area contributed by atoms with Crippen LogP contribution in [0, 0.1) is 5.41 Å². The molecule has 0 aliphatic rings. The Kier molecular flexibility index (Phi) is 5.71. The predicted octanol–water partition coefficient (Wildman–Crippen LogP) is 8.52. The van der Waals surface area contributed by atoms with Crippen molar-refractivity contribution in [2.75, 3.05) is 7.05 Å². The molecule has 5 heteroatoms. The van der Waals surface area contributed by atoms with Crippen LogP contribution in [0.4, 0.5) is 0 Å². The summed E-state index contributed by atoms with van der Waals surface area (Å²) in [6.07, 6.45) is 0. The van der Waals surface area contributed by atoms with Gasteiger partial charge in [-0.25, -0.2) is 4.99 Å². The summed E-state index contributed by atoms with van der Waals surface area (Å²) in [4.78, 5) is 7.00. The second-order valence-corrected chi connectivity index (χ2v) is 10.8. The highest BCUT2D eigenvalue weighted by Gasteiger charge is 2.19. The van der Waals surface area contributed by atoms with Gasteiger partial charge < -0.3 is 9.47 Å². The van der Waals surface area contributed by atoms with Crippen LogP contribution in [0.15, 0.2) is 126 Å². The zero-order valence-corrected chi connectivity index (χ0v) is 22.3. The highest BCUT2D eigenvalue weighted by Crippen LogP contribution is 2.42. The summed E-state index contributed by atoms with van der Waals surface area (Å²) in [7, 11) is 2.06. The number of rotatable bonds is 4. The van der Waals surface area contributed by atoms with E-state index in [0.29, 0.717) is 6.67 Å². The van der Waals surface area contributed by atoms with Crippen molar-refractivity contribution in [1.82, 2.24) is 9.47 Å². The molecule has 0 aliphatic heterocycles. The van der Waals surface area contributed by atoms with E-state index in [1.807, 2.05) is 59.9 Å². The molecule has 1 N–H and O–H groups in total. The molecule has 2 aromatic heterocycles. The highest BCUT2D eigenvalue weighted by atomic mass is 32.1. The van der Waals surface area contributed by atoms with Gasteiger partial charge in [0.2, 0.25) is 0 Å². The van der Waals surface area contributed by atoms with Crippen LogP contribution in [0.5, 0.6) is 0 Å². The molecule has 2 heterocycles. The third kappa shape index (κ3) is 3.99. The predicted molar refractivity (Wildman–Crippen MR) is 166 cm³/mol. The maximum atomic E-state index is 8.74. The minimum absolute atomic E-state index is 0.246. The number of hydrogen-bond donors (Lipinski definition) is 1. The van der Waals surface area contributed by atoms with Crippen molar-refractivity contribution in [1.29, 1.82) is 5.41 Å². The first-order chi connectivity index (χ1) is 19.2. The standard InChI is InChI=1S/C34H26N4S/c1-37(34(24-14-6-3-7-15-24)36-33(35)23-12-4-2-5-13-23)22-38-28-18-10-8-17-27(28)31-29(38)21-20-26-25-16-9-11-19-30(25)39-32(26)31/h2-21,35H,22H2,1H3/b35-33?,36-34-. The highest BCUT2D eigenvalue weighted by molar-refractivity contribution is 7.26. The molecular weight excluding hydrogens is 496 g/mol. The molecule has 7 rings (SSSR count). The van der Waals surface area contributed by atoms with Crippen LogP contribution in [0.1, 0.15) is 11.1 Å².